The summed E-state index contributed by atoms with van der Waals surface area (Å²) in [6, 6.07) is 0. The van der Waals surface area contributed by atoms with Crippen LogP contribution in [0, 0.1) is 11.8 Å². The number of hydrogen-bond donors (Lipinski definition) is 2. The van der Waals surface area contributed by atoms with Gasteiger partial charge in [-0.05, 0) is 5.92 Å². The summed E-state index contributed by atoms with van der Waals surface area (Å²) in [6.45, 7) is 2.64. The Morgan fingerprint density at radius 1 is 1.59 bits per heavy atom. The molecule has 100 valence electrons. The van der Waals surface area contributed by atoms with Gasteiger partial charge in [-0.15, -0.1) is 0 Å². The molecule has 1 heterocycles. The summed E-state index contributed by atoms with van der Waals surface area (Å²) in [5.74, 6) is -1.51. The van der Waals surface area contributed by atoms with E-state index < -0.39 is 22.1 Å². The average Bonchev–Trinajstić information content (AvgIpc) is 2.14. The fourth-order valence-corrected chi connectivity index (χ4v) is 2.85. The summed E-state index contributed by atoms with van der Waals surface area (Å²) < 4.78 is 31.6. The number of carboxylic acid groups (broad SMARTS) is 1. The Bertz CT molecular complexity index is 364. The van der Waals surface area contributed by atoms with Crippen molar-refractivity contribution >= 4 is 16.2 Å². The maximum atomic E-state index is 11.6. The standard InChI is InChI=1S/C9H18N2O5S/c1-7(9(12)13)8-5-11(6-8)17(14,15)10-3-4-16-2/h7-8,10H,3-6H2,1-2H3,(H,12,13). The summed E-state index contributed by atoms with van der Waals surface area (Å²) in [6.07, 6.45) is 0. The molecule has 0 saturated carbocycles. The number of carboxylic acids is 1. The Balaban J connectivity index is 2.38. The quantitative estimate of drug-likeness (QED) is 0.583. The van der Waals surface area contributed by atoms with Gasteiger partial charge >= 0.3 is 5.97 Å². The molecule has 1 fully saturated rings. The van der Waals surface area contributed by atoms with Crippen LogP contribution in [0.2, 0.25) is 0 Å². The van der Waals surface area contributed by atoms with Crippen LogP contribution < -0.4 is 4.72 Å². The molecule has 0 aromatic heterocycles. The molecule has 2 N–H and O–H groups in total. The van der Waals surface area contributed by atoms with Crippen molar-refractivity contribution in [2.24, 2.45) is 11.8 Å². The van der Waals surface area contributed by atoms with E-state index in [4.69, 9.17) is 9.84 Å². The highest BCUT2D eigenvalue weighted by Crippen LogP contribution is 2.25. The first-order valence-corrected chi connectivity index (χ1v) is 6.79. The van der Waals surface area contributed by atoms with Crippen molar-refractivity contribution in [2.45, 2.75) is 6.92 Å². The zero-order valence-corrected chi connectivity index (χ0v) is 10.7. The SMILES string of the molecule is COCCNS(=O)(=O)N1CC(C(C)C(=O)O)C1. The van der Waals surface area contributed by atoms with E-state index in [1.165, 1.54) is 11.4 Å². The third kappa shape index (κ3) is 3.63. The van der Waals surface area contributed by atoms with Crippen LogP contribution in [0.1, 0.15) is 6.92 Å². The van der Waals surface area contributed by atoms with Gasteiger partial charge in [0.15, 0.2) is 0 Å². The van der Waals surface area contributed by atoms with Crippen LogP contribution in [0.3, 0.4) is 0 Å². The predicted octanol–water partition coefficient (Wildman–Crippen LogP) is -0.880. The summed E-state index contributed by atoms with van der Waals surface area (Å²) in [7, 11) is -1.99. The molecule has 0 spiro atoms. The van der Waals surface area contributed by atoms with E-state index in [0.717, 1.165) is 0 Å². The Morgan fingerprint density at radius 2 is 2.18 bits per heavy atom. The number of hydrogen-bond acceptors (Lipinski definition) is 4. The van der Waals surface area contributed by atoms with E-state index in [2.05, 4.69) is 4.72 Å². The number of rotatable bonds is 7. The lowest BCUT2D eigenvalue weighted by Crippen LogP contribution is -2.56. The first-order valence-electron chi connectivity index (χ1n) is 5.35. The minimum absolute atomic E-state index is 0.105. The zero-order valence-electron chi connectivity index (χ0n) is 9.92. The predicted molar refractivity (Wildman–Crippen MR) is 60.7 cm³/mol. The Labute approximate surface area is 101 Å². The molecule has 0 bridgehead atoms. The van der Waals surface area contributed by atoms with Crippen molar-refractivity contribution in [1.29, 1.82) is 0 Å². The van der Waals surface area contributed by atoms with E-state index in [0.29, 0.717) is 6.61 Å². The normalized spacial score (nSPS) is 19.9. The molecule has 1 aliphatic rings. The average molecular weight is 266 g/mol. The maximum Gasteiger partial charge on any atom is 0.306 e. The highest BCUT2D eigenvalue weighted by Gasteiger charge is 2.40. The van der Waals surface area contributed by atoms with E-state index >= 15 is 0 Å². The van der Waals surface area contributed by atoms with E-state index in [1.807, 2.05) is 0 Å². The number of carbonyl (C=O) groups is 1. The van der Waals surface area contributed by atoms with Gasteiger partial charge in [-0.3, -0.25) is 4.79 Å². The zero-order chi connectivity index (χ0) is 13.1. The van der Waals surface area contributed by atoms with Gasteiger partial charge in [0.25, 0.3) is 10.2 Å². The summed E-state index contributed by atoms with van der Waals surface area (Å²) in [5.41, 5.74) is 0. The molecule has 0 aromatic carbocycles. The fourth-order valence-electron chi connectivity index (χ4n) is 1.55. The number of nitrogens with zero attached hydrogens (tertiary/aromatic N) is 1. The number of methoxy groups -OCH3 is 1. The molecule has 8 heteroatoms. The maximum absolute atomic E-state index is 11.6. The van der Waals surface area contributed by atoms with E-state index in [1.54, 1.807) is 6.92 Å². The Kier molecular flexibility index (Phi) is 4.87. The topological polar surface area (TPSA) is 95.9 Å². The van der Waals surface area contributed by atoms with Crippen LogP contribution in [0.25, 0.3) is 0 Å². The minimum atomic E-state index is -3.48. The molecule has 1 saturated heterocycles. The first-order chi connectivity index (χ1) is 7.88. The number of ether oxygens (including phenoxy) is 1. The van der Waals surface area contributed by atoms with Gasteiger partial charge in [-0.1, -0.05) is 6.92 Å². The third-order valence-electron chi connectivity index (χ3n) is 2.90. The van der Waals surface area contributed by atoms with Crippen LogP contribution in [0.15, 0.2) is 0 Å². The molecule has 0 aliphatic carbocycles. The van der Waals surface area contributed by atoms with Gasteiger partial charge in [0, 0.05) is 26.7 Å². The van der Waals surface area contributed by atoms with Crippen LogP contribution in [0.4, 0.5) is 0 Å². The molecular weight excluding hydrogens is 248 g/mol. The van der Waals surface area contributed by atoms with E-state index in [-0.39, 0.29) is 25.6 Å². The molecule has 0 amide bonds. The molecule has 17 heavy (non-hydrogen) atoms. The van der Waals surface area contributed by atoms with Gasteiger partial charge in [-0.25, -0.2) is 0 Å². The van der Waals surface area contributed by atoms with Crippen LogP contribution >= 0.6 is 0 Å². The second-order valence-electron chi connectivity index (χ2n) is 4.10. The smallest absolute Gasteiger partial charge is 0.306 e. The molecule has 7 nitrogen and oxygen atoms in total. The monoisotopic (exact) mass is 266 g/mol. The summed E-state index contributed by atoms with van der Waals surface area (Å²) >= 11 is 0. The lowest BCUT2D eigenvalue weighted by molar-refractivity contribution is -0.144. The molecule has 1 unspecified atom stereocenters. The second kappa shape index (κ2) is 5.76. The largest absolute Gasteiger partial charge is 0.481 e. The Hall–Kier alpha value is -0.700. The van der Waals surface area contributed by atoms with Crippen LogP contribution in [-0.2, 0) is 19.7 Å². The first kappa shape index (κ1) is 14.4. The molecular formula is C9H18N2O5S. The number of aliphatic carboxylic acids is 1. The van der Waals surface area contributed by atoms with Gasteiger partial charge in [0.1, 0.15) is 0 Å². The van der Waals surface area contributed by atoms with Gasteiger partial charge < -0.3 is 9.84 Å². The molecule has 1 atom stereocenters. The highest BCUT2D eigenvalue weighted by molar-refractivity contribution is 7.87. The second-order valence-corrected chi connectivity index (χ2v) is 5.85. The Morgan fingerprint density at radius 3 is 2.65 bits per heavy atom. The van der Waals surface area contributed by atoms with Crippen molar-refractivity contribution in [3.05, 3.63) is 0 Å². The lowest BCUT2D eigenvalue weighted by Gasteiger charge is -2.39. The van der Waals surface area contributed by atoms with Crippen molar-refractivity contribution in [1.82, 2.24) is 9.03 Å². The fraction of sp³-hybridized carbons (Fsp3) is 0.889. The lowest BCUT2D eigenvalue weighted by atomic mass is 9.89. The van der Waals surface area contributed by atoms with Crippen molar-refractivity contribution in [2.75, 3.05) is 33.4 Å². The molecule has 1 aliphatic heterocycles. The summed E-state index contributed by atoms with van der Waals surface area (Å²) in [5, 5.41) is 8.78. The molecule has 0 radical (unpaired) electrons. The van der Waals surface area contributed by atoms with Gasteiger partial charge in [-0.2, -0.15) is 17.4 Å². The van der Waals surface area contributed by atoms with Crippen molar-refractivity contribution < 1.29 is 23.1 Å². The van der Waals surface area contributed by atoms with Crippen molar-refractivity contribution in [3.63, 3.8) is 0 Å². The van der Waals surface area contributed by atoms with Crippen LogP contribution in [-0.4, -0.2) is 57.1 Å². The van der Waals surface area contributed by atoms with E-state index in [9.17, 15) is 13.2 Å². The highest BCUT2D eigenvalue weighted by atomic mass is 32.2. The van der Waals surface area contributed by atoms with Crippen molar-refractivity contribution in [3.8, 4) is 0 Å². The van der Waals surface area contributed by atoms with Gasteiger partial charge in [0.05, 0.1) is 12.5 Å². The third-order valence-corrected chi connectivity index (χ3v) is 4.45. The van der Waals surface area contributed by atoms with Gasteiger partial charge in [0.2, 0.25) is 0 Å². The molecule has 0 aromatic rings. The summed E-state index contributed by atoms with van der Waals surface area (Å²) in [4.78, 5) is 10.7. The number of nitrogens with one attached hydrogen (secondary N) is 1. The van der Waals surface area contributed by atoms with Crippen LogP contribution in [0.5, 0.6) is 0 Å². The minimum Gasteiger partial charge on any atom is -0.481 e. The molecule has 1 rings (SSSR count).